The molecule has 0 heterocycles. The van der Waals surface area contributed by atoms with E-state index in [2.05, 4.69) is 26.0 Å². The number of ether oxygens (including phenoxy) is 1. The molecule has 0 amide bonds. The van der Waals surface area contributed by atoms with Gasteiger partial charge >= 0.3 is 43.3 Å². The summed E-state index contributed by atoms with van der Waals surface area (Å²) in [5.74, 6) is 0.0112. The smallest absolute Gasteiger partial charge is 0.736 e. The molecular weight excluding hydrogens is 426 g/mol. The summed E-state index contributed by atoms with van der Waals surface area (Å²) >= 11 is 0. The van der Waals surface area contributed by atoms with Crippen LogP contribution < -0.4 is 48.2 Å². The van der Waals surface area contributed by atoms with Crippen molar-refractivity contribution in [2.75, 3.05) is 0 Å². The van der Waals surface area contributed by atoms with Crippen molar-refractivity contribution in [1.82, 2.24) is 0 Å². The van der Waals surface area contributed by atoms with E-state index in [1.165, 1.54) is 31.2 Å². The molecule has 0 aliphatic rings. The van der Waals surface area contributed by atoms with Crippen molar-refractivity contribution in [1.29, 1.82) is 0 Å². The third kappa shape index (κ3) is 6.96. The number of carbonyl (C=O) groups is 1. The summed E-state index contributed by atoms with van der Waals surface area (Å²) in [6.07, 6.45) is 0. The average molecular weight is 448 g/mol. The van der Waals surface area contributed by atoms with Crippen LogP contribution in [0.3, 0.4) is 0 Å². The summed E-state index contributed by atoms with van der Waals surface area (Å²) in [6.45, 7) is 5.47. The number of phosphoric ester groups is 1. The molecule has 0 saturated heterocycles. The number of hydrogen-bond donors (Lipinski definition) is 0. The van der Waals surface area contributed by atoms with Gasteiger partial charge in [0.15, 0.2) is 0 Å². The Bertz CT molecular complexity index is 1050. The molecule has 8 heteroatoms. The zero-order chi connectivity index (χ0) is 21.8. The van der Waals surface area contributed by atoms with Crippen LogP contribution in [0.25, 0.3) is 0 Å². The molecule has 3 aromatic rings. The zero-order valence-electron chi connectivity index (χ0n) is 17.9. The molecule has 3 aromatic carbocycles. The van der Waals surface area contributed by atoms with Gasteiger partial charge in [0.2, 0.25) is 0 Å². The Kier molecular flexibility index (Phi) is 8.52. The van der Waals surface area contributed by atoms with E-state index in [1.807, 2.05) is 30.3 Å². The van der Waals surface area contributed by atoms with Crippen LogP contribution >= 0.6 is 7.82 Å². The fourth-order valence-electron chi connectivity index (χ4n) is 2.97. The third-order valence-corrected chi connectivity index (χ3v) is 5.46. The monoisotopic (exact) mass is 448 g/mol. The van der Waals surface area contributed by atoms with Gasteiger partial charge in [0.05, 0.1) is 0 Å². The van der Waals surface area contributed by atoms with E-state index in [1.54, 1.807) is 12.1 Å². The SMILES string of the molecule is CC(=O)Oc1ccc(OP(=O)([O-])Oc2ccc(C(C)(C)c3ccccc3)cc2)cc1.[Na+]. The van der Waals surface area contributed by atoms with Gasteiger partial charge in [0, 0.05) is 12.3 Å². The average Bonchev–Trinajstić information content (AvgIpc) is 2.69. The largest absolute Gasteiger partial charge is 1.00 e. The van der Waals surface area contributed by atoms with Crippen molar-refractivity contribution in [3.63, 3.8) is 0 Å². The summed E-state index contributed by atoms with van der Waals surface area (Å²) in [5, 5.41) is 0. The van der Waals surface area contributed by atoms with Crippen LogP contribution in [-0.2, 0) is 14.8 Å². The third-order valence-electron chi connectivity index (χ3n) is 4.59. The first kappa shape index (κ1) is 25.2. The number of benzene rings is 3. The summed E-state index contributed by atoms with van der Waals surface area (Å²) in [5.41, 5.74) is 1.92. The van der Waals surface area contributed by atoms with E-state index < -0.39 is 13.8 Å². The number of rotatable bonds is 7. The molecule has 1 unspecified atom stereocenters. The van der Waals surface area contributed by atoms with Crippen molar-refractivity contribution in [3.8, 4) is 17.2 Å². The van der Waals surface area contributed by atoms with Crippen LogP contribution in [0.15, 0.2) is 78.9 Å². The summed E-state index contributed by atoms with van der Waals surface area (Å²) in [7, 11) is -4.65. The van der Waals surface area contributed by atoms with Crippen LogP contribution in [-0.4, -0.2) is 5.97 Å². The van der Waals surface area contributed by atoms with Gasteiger partial charge in [-0.15, -0.1) is 0 Å². The summed E-state index contributed by atoms with van der Waals surface area (Å²) < 4.78 is 27.2. The topological polar surface area (TPSA) is 84.9 Å². The molecule has 156 valence electrons. The molecule has 0 aromatic heterocycles. The molecule has 6 nitrogen and oxygen atoms in total. The van der Waals surface area contributed by atoms with Crippen molar-refractivity contribution in [2.45, 2.75) is 26.2 Å². The predicted octanol–water partition coefficient (Wildman–Crippen LogP) is 1.87. The minimum atomic E-state index is -4.65. The maximum absolute atomic E-state index is 12.2. The van der Waals surface area contributed by atoms with E-state index in [-0.39, 0.29) is 52.2 Å². The van der Waals surface area contributed by atoms with E-state index in [0.29, 0.717) is 0 Å². The van der Waals surface area contributed by atoms with Crippen LogP contribution in [0.1, 0.15) is 31.9 Å². The molecule has 0 bridgehead atoms. The number of carbonyl (C=O) groups excluding carboxylic acids is 1. The number of phosphoric acid groups is 1. The Balaban J connectivity index is 0.00000341. The van der Waals surface area contributed by atoms with Gasteiger partial charge in [-0.25, -0.2) is 4.57 Å². The second-order valence-corrected chi connectivity index (χ2v) is 8.47. The van der Waals surface area contributed by atoms with Gasteiger partial charge in [0.25, 0.3) is 0 Å². The Morgan fingerprint density at radius 3 is 1.68 bits per heavy atom. The van der Waals surface area contributed by atoms with Gasteiger partial charge < -0.3 is 18.7 Å². The fraction of sp³-hybridized carbons (Fsp3) is 0.174. The van der Waals surface area contributed by atoms with Gasteiger partial charge in [-0.1, -0.05) is 56.3 Å². The molecule has 1 atom stereocenters. The zero-order valence-corrected chi connectivity index (χ0v) is 20.8. The van der Waals surface area contributed by atoms with Crippen molar-refractivity contribution in [3.05, 3.63) is 90.0 Å². The molecular formula is C23H22NaO6P. The first-order chi connectivity index (χ1) is 14.2. The molecule has 0 aliphatic heterocycles. The van der Waals surface area contributed by atoms with Crippen molar-refractivity contribution < 1.29 is 57.6 Å². The first-order valence-electron chi connectivity index (χ1n) is 9.30. The van der Waals surface area contributed by atoms with E-state index in [9.17, 15) is 14.3 Å². The Morgan fingerprint density at radius 2 is 1.19 bits per heavy atom. The minimum absolute atomic E-state index is 0. The van der Waals surface area contributed by atoms with E-state index >= 15 is 0 Å². The minimum Gasteiger partial charge on any atom is -0.736 e. The van der Waals surface area contributed by atoms with Crippen LogP contribution in [0.2, 0.25) is 0 Å². The Morgan fingerprint density at radius 1 is 0.774 bits per heavy atom. The molecule has 0 fully saturated rings. The molecule has 0 spiro atoms. The van der Waals surface area contributed by atoms with Gasteiger partial charge in [-0.2, -0.15) is 0 Å². The predicted molar refractivity (Wildman–Crippen MR) is 112 cm³/mol. The maximum Gasteiger partial charge on any atom is 1.00 e. The molecule has 0 aliphatic carbocycles. The van der Waals surface area contributed by atoms with Crippen LogP contribution in [0, 0.1) is 0 Å². The molecule has 0 N–H and O–H groups in total. The van der Waals surface area contributed by atoms with Crippen LogP contribution in [0.4, 0.5) is 0 Å². The van der Waals surface area contributed by atoms with Crippen LogP contribution in [0.5, 0.6) is 17.2 Å². The van der Waals surface area contributed by atoms with Crippen molar-refractivity contribution >= 4 is 13.8 Å². The summed E-state index contributed by atoms with van der Waals surface area (Å²) in [6, 6.07) is 22.5. The normalized spacial score (nSPS) is 12.8. The molecule has 31 heavy (non-hydrogen) atoms. The fourth-order valence-corrected chi connectivity index (χ4v) is 3.76. The second kappa shape index (κ2) is 10.5. The number of esters is 1. The summed E-state index contributed by atoms with van der Waals surface area (Å²) in [4.78, 5) is 23.2. The first-order valence-corrected chi connectivity index (χ1v) is 10.8. The Labute approximate surface area is 204 Å². The van der Waals surface area contributed by atoms with Gasteiger partial charge in [-0.05, 0) is 47.5 Å². The molecule has 0 saturated carbocycles. The standard InChI is InChI=1S/C23H23O6P.Na/c1-17(24)27-20-13-15-22(16-14-20)29-30(25,26)28-21-11-9-19(10-12-21)23(2,3)18-7-5-4-6-8-18;/h4-16H,1-3H3,(H,25,26);/q;+1/p-1. The maximum atomic E-state index is 12.2. The van der Waals surface area contributed by atoms with Crippen molar-refractivity contribution in [2.24, 2.45) is 0 Å². The number of hydrogen-bond acceptors (Lipinski definition) is 6. The van der Waals surface area contributed by atoms with Gasteiger partial charge in [0.1, 0.15) is 17.2 Å². The Hall–Kier alpha value is -2.08. The second-order valence-electron chi connectivity index (χ2n) is 7.21. The quantitative estimate of drug-likeness (QED) is 0.238. The van der Waals surface area contributed by atoms with Gasteiger partial charge in [-0.3, -0.25) is 4.79 Å². The molecule has 0 radical (unpaired) electrons. The molecule has 3 rings (SSSR count). The van der Waals surface area contributed by atoms with E-state index in [0.717, 1.165) is 11.1 Å². The van der Waals surface area contributed by atoms with E-state index in [4.69, 9.17) is 13.8 Å².